The molecule has 0 aliphatic rings. The highest BCUT2D eigenvalue weighted by Gasteiger charge is 2.12. The summed E-state index contributed by atoms with van der Waals surface area (Å²) in [5.41, 5.74) is 0.429. The van der Waals surface area contributed by atoms with Crippen molar-refractivity contribution < 1.29 is 9.66 Å². The van der Waals surface area contributed by atoms with Gasteiger partial charge in [0.25, 0.3) is 11.2 Å². The third-order valence-electron chi connectivity index (χ3n) is 3.75. The Morgan fingerprint density at radius 2 is 1.92 bits per heavy atom. The standard InChI is InChI=1S/C16H10N6O4/c23-16-12-3-1-2-4-13(12)19-20-21(16)9-26-15-11-6-5-10(22(24)25)7-14(11)17-8-18-15/h1-8H,9H2. The van der Waals surface area contributed by atoms with Crippen molar-refractivity contribution >= 4 is 27.5 Å². The van der Waals surface area contributed by atoms with E-state index in [1.165, 1.54) is 24.5 Å². The molecule has 0 amide bonds. The fraction of sp³-hybridized carbons (Fsp3) is 0.0625. The number of ether oxygens (including phenoxy) is 1. The van der Waals surface area contributed by atoms with Crippen LogP contribution < -0.4 is 10.3 Å². The first-order chi connectivity index (χ1) is 12.6. The van der Waals surface area contributed by atoms with E-state index in [2.05, 4.69) is 20.3 Å². The van der Waals surface area contributed by atoms with Gasteiger partial charge < -0.3 is 4.74 Å². The van der Waals surface area contributed by atoms with Crippen LogP contribution in [-0.4, -0.2) is 29.9 Å². The molecule has 0 bridgehead atoms. The number of hydrogen-bond acceptors (Lipinski definition) is 8. The zero-order valence-electron chi connectivity index (χ0n) is 13.1. The first-order valence-electron chi connectivity index (χ1n) is 7.48. The maximum atomic E-state index is 12.4. The Labute approximate surface area is 144 Å². The lowest BCUT2D eigenvalue weighted by Crippen LogP contribution is -2.26. The van der Waals surface area contributed by atoms with E-state index in [0.29, 0.717) is 21.8 Å². The molecule has 4 aromatic rings. The Morgan fingerprint density at radius 3 is 2.77 bits per heavy atom. The Hall–Kier alpha value is -3.95. The zero-order valence-corrected chi connectivity index (χ0v) is 13.1. The van der Waals surface area contributed by atoms with Gasteiger partial charge in [-0.2, -0.15) is 4.68 Å². The molecule has 10 heteroatoms. The molecular formula is C16H10N6O4. The third kappa shape index (κ3) is 2.69. The second-order valence-electron chi connectivity index (χ2n) is 5.32. The number of aromatic nitrogens is 5. The summed E-state index contributed by atoms with van der Waals surface area (Å²) in [5.74, 6) is 0.187. The van der Waals surface area contributed by atoms with Crippen LogP contribution in [0.25, 0.3) is 21.8 Å². The summed E-state index contributed by atoms with van der Waals surface area (Å²) in [4.78, 5) is 30.8. The van der Waals surface area contributed by atoms with Crippen molar-refractivity contribution in [3.63, 3.8) is 0 Å². The van der Waals surface area contributed by atoms with Crippen LogP contribution in [0, 0.1) is 10.1 Å². The van der Waals surface area contributed by atoms with Crippen LogP contribution in [0.5, 0.6) is 5.88 Å². The normalized spacial score (nSPS) is 10.9. The fourth-order valence-corrected chi connectivity index (χ4v) is 2.48. The average Bonchev–Trinajstić information content (AvgIpc) is 2.67. The van der Waals surface area contributed by atoms with Crippen LogP contribution in [0.4, 0.5) is 5.69 Å². The first-order valence-corrected chi connectivity index (χ1v) is 7.48. The number of nitro benzene ring substituents is 1. The van der Waals surface area contributed by atoms with Crippen molar-refractivity contribution in [2.75, 3.05) is 0 Å². The van der Waals surface area contributed by atoms with E-state index >= 15 is 0 Å². The largest absolute Gasteiger partial charge is 0.454 e. The predicted octanol–water partition coefficient (Wildman–Crippen LogP) is 1.68. The van der Waals surface area contributed by atoms with Gasteiger partial charge in [0.2, 0.25) is 5.88 Å². The Bertz CT molecular complexity index is 1210. The lowest BCUT2D eigenvalue weighted by molar-refractivity contribution is -0.384. The second-order valence-corrected chi connectivity index (χ2v) is 5.32. The third-order valence-corrected chi connectivity index (χ3v) is 3.75. The van der Waals surface area contributed by atoms with E-state index in [0.717, 1.165) is 4.68 Å². The molecule has 0 saturated carbocycles. The lowest BCUT2D eigenvalue weighted by atomic mass is 10.2. The quantitative estimate of drug-likeness (QED) is 0.402. The lowest BCUT2D eigenvalue weighted by Gasteiger charge is -2.08. The van der Waals surface area contributed by atoms with Crippen molar-refractivity contribution in [2.45, 2.75) is 6.73 Å². The number of nitro groups is 1. The number of fused-ring (bicyclic) bond motifs is 2. The van der Waals surface area contributed by atoms with Crippen LogP contribution in [0.3, 0.4) is 0 Å². The zero-order chi connectivity index (χ0) is 18.1. The van der Waals surface area contributed by atoms with E-state index < -0.39 is 4.92 Å². The van der Waals surface area contributed by atoms with Gasteiger partial charge in [0.15, 0.2) is 6.73 Å². The van der Waals surface area contributed by atoms with Gasteiger partial charge in [-0.3, -0.25) is 14.9 Å². The molecule has 0 aliphatic carbocycles. The number of non-ortho nitro benzene ring substituents is 1. The first kappa shape index (κ1) is 15.6. The van der Waals surface area contributed by atoms with Gasteiger partial charge in [-0.1, -0.05) is 17.3 Å². The minimum atomic E-state index is -0.508. The SMILES string of the molecule is O=c1c2ccccc2nnn1COc1ncnc2cc([N+](=O)[O-])ccc12. The maximum Gasteiger partial charge on any atom is 0.280 e. The van der Waals surface area contributed by atoms with Gasteiger partial charge in [0, 0.05) is 12.1 Å². The molecule has 2 aromatic heterocycles. The molecule has 26 heavy (non-hydrogen) atoms. The maximum absolute atomic E-state index is 12.4. The Balaban J connectivity index is 1.67. The molecule has 2 heterocycles. The Kier molecular flexibility index (Phi) is 3.69. The van der Waals surface area contributed by atoms with Gasteiger partial charge in [0.05, 0.1) is 21.2 Å². The van der Waals surface area contributed by atoms with E-state index in [1.54, 1.807) is 24.3 Å². The molecule has 0 spiro atoms. The highest BCUT2D eigenvalue weighted by atomic mass is 16.6. The Morgan fingerprint density at radius 1 is 1.08 bits per heavy atom. The fourth-order valence-electron chi connectivity index (χ4n) is 2.48. The van der Waals surface area contributed by atoms with Crippen LogP contribution >= 0.6 is 0 Å². The van der Waals surface area contributed by atoms with Crippen molar-refractivity contribution in [1.82, 2.24) is 25.0 Å². The number of rotatable bonds is 4. The number of nitrogens with zero attached hydrogens (tertiary/aromatic N) is 6. The summed E-state index contributed by atoms with van der Waals surface area (Å²) in [5, 5.41) is 19.6. The van der Waals surface area contributed by atoms with Gasteiger partial charge in [-0.05, 0) is 18.2 Å². The summed E-state index contributed by atoms with van der Waals surface area (Å²) >= 11 is 0. The second kappa shape index (κ2) is 6.16. The van der Waals surface area contributed by atoms with Crippen LogP contribution in [0.15, 0.2) is 53.6 Å². The summed E-state index contributed by atoms with van der Waals surface area (Å²) in [6.07, 6.45) is 1.23. The number of benzene rings is 2. The molecule has 0 unspecified atom stereocenters. The minimum absolute atomic E-state index is 0.0845. The van der Waals surface area contributed by atoms with Crippen molar-refractivity contribution in [2.24, 2.45) is 0 Å². The van der Waals surface area contributed by atoms with Crippen molar-refractivity contribution in [1.29, 1.82) is 0 Å². The van der Waals surface area contributed by atoms with E-state index in [4.69, 9.17) is 4.74 Å². The summed E-state index contributed by atoms with van der Waals surface area (Å²) in [7, 11) is 0. The van der Waals surface area contributed by atoms with Gasteiger partial charge in [-0.25, -0.2) is 9.97 Å². The molecule has 0 saturated heterocycles. The minimum Gasteiger partial charge on any atom is -0.454 e. The molecule has 0 aliphatic heterocycles. The van der Waals surface area contributed by atoms with E-state index in [1.807, 2.05) is 0 Å². The van der Waals surface area contributed by atoms with Gasteiger partial charge in [0.1, 0.15) is 11.8 Å². The molecule has 128 valence electrons. The molecule has 0 radical (unpaired) electrons. The molecule has 0 atom stereocenters. The molecule has 10 nitrogen and oxygen atoms in total. The summed E-state index contributed by atoms with van der Waals surface area (Å²) in [6.45, 7) is -0.209. The molecule has 0 N–H and O–H groups in total. The van der Waals surface area contributed by atoms with Gasteiger partial charge >= 0.3 is 0 Å². The van der Waals surface area contributed by atoms with Crippen molar-refractivity contribution in [3.8, 4) is 5.88 Å². The van der Waals surface area contributed by atoms with Crippen LogP contribution in [0.2, 0.25) is 0 Å². The topological polar surface area (TPSA) is 126 Å². The summed E-state index contributed by atoms with van der Waals surface area (Å²) < 4.78 is 6.65. The summed E-state index contributed by atoms with van der Waals surface area (Å²) in [6, 6.07) is 11.0. The smallest absolute Gasteiger partial charge is 0.280 e. The monoisotopic (exact) mass is 350 g/mol. The highest BCUT2D eigenvalue weighted by molar-refractivity contribution is 5.85. The van der Waals surface area contributed by atoms with Gasteiger partial charge in [-0.15, -0.1) is 5.10 Å². The van der Waals surface area contributed by atoms with E-state index in [9.17, 15) is 14.9 Å². The molecule has 2 aromatic carbocycles. The van der Waals surface area contributed by atoms with Crippen molar-refractivity contribution in [3.05, 3.63) is 69.3 Å². The molecular weight excluding hydrogens is 340 g/mol. The van der Waals surface area contributed by atoms with Crippen LogP contribution in [0.1, 0.15) is 0 Å². The number of hydrogen-bond donors (Lipinski definition) is 0. The molecule has 0 fully saturated rings. The van der Waals surface area contributed by atoms with E-state index in [-0.39, 0.29) is 23.9 Å². The highest BCUT2D eigenvalue weighted by Crippen LogP contribution is 2.25. The predicted molar refractivity (Wildman–Crippen MR) is 90.6 cm³/mol. The molecule has 4 rings (SSSR count). The van der Waals surface area contributed by atoms with Crippen LogP contribution in [-0.2, 0) is 6.73 Å². The average molecular weight is 350 g/mol.